The number of halogens is 1. The lowest BCUT2D eigenvalue weighted by atomic mass is 9.92. The van der Waals surface area contributed by atoms with E-state index in [1.165, 1.54) is 19.5 Å². The summed E-state index contributed by atoms with van der Waals surface area (Å²) in [5, 5.41) is 3.50. The van der Waals surface area contributed by atoms with Gasteiger partial charge in [0.05, 0.1) is 10.6 Å². The summed E-state index contributed by atoms with van der Waals surface area (Å²) >= 11 is 6.12. The molecule has 0 bridgehead atoms. The number of nitrogens with one attached hydrogen (secondary N) is 1. The van der Waals surface area contributed by atoms with Crippen molar-refractivity contribution in [2.45, 2.75) is 33.6 Å². The van der Waals surface area contributed by atoms with Gasteiger partial charge >= 0.3 is 0 Å². The van der Waals surface area contributed by atoms with Gasteiger partial charge in [-0.25, -0.2) is 0 Å². The lowest BCUT2D eigenvalue weighted by Crippen LogP contribution is -2.40. The van der Waals surface area contributed by atoms with Crippen molar-refractivity contribution in [2.24, 2.45) is 11.8 Å². The van der Waals surface area contributed by atoms with Gasteiger partial charge < -0.3 is 10.2 Å². The fourth-order valence-corrected chi connectivity index (χ4v) is 3.70. The average molecular weight is 323 g/mol. The van der Waals surface area contributed by atoms with Crippen molar-refractivity contribution in [1.82, 2.24) is 10.2 Å². The van der Waals surface area contributed by atoms with Crippen LogP contribution in [-0.2, 0) is 0 Å². The van der Waals surface area contributed by atoms with E-state index in [1.807, 2.05) is 19.1 Å². The molecule has 1 aliphatic heterocycles. The highest BCUT2D eigenvalue weighted by atomic mass is 35.5. The summed E-state index contributed by atoms with van der Waals surface area (Å²) in [6, 6.07) is 5.53. The van der Waals surface area contributed by atoms with Crippen LogP contribution in [-0.4, -0.2) is 37.0 Å². The van der Waals surface area contributed by atoms with Gasteiger partial charge in [0.15, 0.2) is 0 Å². The first-order valence-electron chi connectivity index (χ1n) is 8.22. The zero-order chi connectivity index (χ0) is 16.1. The molecule has 0 aromatic heterocycles. The molecule has 0 aliphatic carbocycles. The van der Waals surface area contributed by atoms with Crippen LogP contribution in [0.4, 0.5) is 0 Å². The SMILES string of the molecule is Cc1ccc(C(=O)NCCCN2C[C@H](C)C[C@@H](C)C2)c(Cl)c1. The molecule has 2 rings (SSSR count). The number of amides is 1. The maximum atomic E-state index is 12.1. The summed E-state index contributed by atoms with van der Waals surface area (Å²) in [6.07, 6.45) is 2.31. The third-order valence-electron chi connectivity index (χ3n) is 4.25. The zero-order valence-electron chi connectivity index (χ0n) is 13.9. The van der Waals surface area contributed by atoms with E-state index in [9.17, 15) is 4.79 Å². The van der Waals surface area contributed by atoms with Gasteiger partial charge in [-0.15, -0.1) is 0 Å². The molecule has 1 aromatic carbocycles. The highest BCUT2D eigenvalue weighted by Crippen LogP contribution is 2.21. The van der Waals surface area contributed by atoms with Crippen LogP contribution in [0.15, 0.2) is 18.2 Å². The van der Waals surface area contributed by atoms with Crippen LogP contribution in [0.5, 0.6) is 0 Å². The molecule has 0 spiro atoms. The summed E-state index contributed by atoms with van der Waals surface area (Å²) in [4.78, 5) is 14.6. The van der Waals surface area contributed by atoms with Crippen molar-refractivity contribution in [2.75, 3.05) is 26.2 Å². The molecule has 122 valence electrons. The number of hydrogen-bond donors (Lipinski definition) is 1. The molecule has 1 amide bonds. The van der Waals surface area contributed by atoms with E-state index in [-0.39, 0.29) is 5.91 Å². The Hall–Kier alpha value is -1.06. The highest BCUT2D eigenvalue weighted by Gasteiger charge is 2.21. The third kappa shape index (κ3) is 4.99. The van der Waals surface area contributed by atoms with Crippen LogP contribution in [0.1, 0.15) is 42.6 Å². The monoisotopic (exact) mass is 322 g/mol. The van der Waals surface area contributed by atoms with Crippen molar-refractivity contribution >= 4 is 17.5 Å². The van der Waals surface area contributed by atoms with Crippen molar-refractivity contribution in [3.63, 3.8) is 0 Å². The number of benzene rings is 1. The average Bonchev–Trinajstić information content (AvgIpc) is 2.42. The maximum Gasteiger partial charge on any atom is 0.252 e. The number of carbonyl (C=O) groups is 1. The van der Waals surface area contributed by atoms with Gasteiger partial charge in [0, 0.05) is 19.6 Å². The minimum Gasteiger partial charge on any atom is -0.352 e. The standard InChI is InChI=1S/C18H27ClN2O/c1-13-5-6-16(17(19)10-13)18(22)20-7-4-8-21-11-14(2)9-15(3)12-21/h5-6,10,14-15H,4,7-9,11-12H2,1-3H3,(H,20,22)/t14-,15-/m1/s1. The molecular weight excluding hydrogens is 296 g/mol. The molecule has 1 heterocycles. The van der Waals surface area contributed by atoms with E-state index >= 15 is 0 Å². The molecule has 0 unspecified atom stereocenters. The smallest absolute Gasteiger partial charge is 0.252 e. The normalized spacial score (nSPS) is 22.5. The number of aryl methyl sites for hydroxylation is 1. The minimum atomic E-state index is -0.0784. The molecular formula is C18H27ClN2O. The molecule has 2 atom stereocenters. The second-order valence-electron chi connectivity index (χ2n) is 6.80. The summed E-state index contributed by atoms with van der Waals surface area (Å²) < 4.78 is 0. The molecule has 4 heteroatoms. The predicted molar refractivity (Wildman–Crippen MR) is 92.5 cm³/mol. The lowest BCUT2D eigenvalue weighted by molar-refractivity contribution is 0.0947. The van der Waals surface area contributed by atoms with Gasteiger partial charge in [0.25, 0.3) is 5.91 Å². The van der Waals surface area contributed by atoms with E-state index in [2.05, 4.69) is 24.1 Å². The number of carbonyl (C=O) groups excluding carboxylic acids is 1. The van der Waals surface area contributed by atoms with E-state index in [0.29, 0.717) is 17.1 Å². The van der Waals surface area contributed by atoms with Crippen LogP contribution in [0.3, 0.4) is 0 Å². The first-order valence-corrected chi connectivity index (χ1v) is 8.60. The van der Waals surface area contributed by atoms with Gasteiger partial charge in [-0.2, -0.15) is 0 Å². The molecule has 0 saturated carbocycles. The third-order valence-corrected chi connectivity index (χ3v) is 4.56. The molecule has 1 aromatic rings. The van der Waals surface area contributed by atoms with Gasteiger partial charge in [-0.05, 0) is 55.8 Å². The number of rotatable bonds is 5. The van der Waals surface area contributed by atoms with Crippen molar-refractivity contribution in [3.8, 4) is 0 Å². The van der Waals surface area contributed by atoms with E-state index in [1.54, 1.807) is 6.07 Å². The van der Waals surface area contributed by atoms with E-state index in [0.717, 1.165) is 30.4 Å². The highest BCUT2D eigenvalue weighted by molar-refractivity contribution is 6.33. The van der Waals surface area contributed by atoms with Crippen LogP contribution in [0.2, 0.25) is 5.02 Å². The second-order valence-corrected chi connectivity index (χ2v) is 7.21. The van der Waals surface area contributed by atoms with Gasteiger partial charge in [0.2, 0.25) is 0 Å². The summed E-state index contributed by atoms with van der Waals surface area (Å²) in [5.74, 6) is 1.49. The predicted octanol–water partition coefficient (Wildman–Crippen LogP) is 3.75. The van der Waals surface area contributed by atoms with Crippen LogP contribution < -0.4 is 5.32 Å². The Morgan fingerprint density at radius 1 is 1.32 bits per heavy atom. The minimum absolute atomic E-state index is 0.0784. The molecule has 1 saturated heterocycles. The largest absolute Gasteiger partial charge is 0.352 e. The van der Waals surface area contributed by atoms with Crippen LogP contribution >= 0.6 is 11.6 Å². The van der Waals surface area contributed by atoms with Crippen molar-refractivity contribution in [3.05, 3.63) is 34.3 Å². The zero-order valence-corrected chi connectivity index (χ0v) is 14.6. The summed E-state index contributed by atoms with van der Waals surface area (Å²) in [6.45, 7) is 10.7. The first-order chi connectivity index (χ1) is 10.5. The van der Waals surface area contributed by atoms with Crippen molar-refractivity contribution < 1.29 is 4.79 Å². The molecule has 1 N–H and O–H groups in total. The van der Waals surface area contributed by atoms with Crippen molar-refractivity contribution in [1.29, 1.82) is 0 Å². The van der Waals surface area contributed by atoms with Gasteiger partial charge in [-0.3, -0.25) is 4.79 Å². The van der Waals surface area contributed by atoms with Gasteiger partial charge in [-0.1, -0.05) is 31.5 Å². The van der Waals surface area contributed by atoms with Crippen LogP contribution in [0.25, 0.3) is 0 Å². The number of hydrogen-bond acceptors (Lipinski definition) is 2. The molecule has 0 radical (unpaired) electrons. The lowest BCUT2D eigenvalue weighted by Gasteiger charge is -2.34. The molecule has 3 nitrogen and oxygen atoms in total. The Balaban J connectivity index is 1.73. The van der Waals surface area contributed by atoms with E-state index < -0.39 is 0 Å². The first kappa shape index (κ1) is 17.3. The number of likely N-dealkylation sites (tertiary alicyclic amines) is 1. The fraction of sp³-hybridized carbons (Fsp3) is 0.611. The van der Waals surface area contributed by atoms with Crippen LogP contribution in [0, 0.1) is 18.8 Å². The Bertz CT molecular complexity index is 508. The maximum absolute atomic E-state index is 12.1. The molecule has 1 fully saturated rings. The Morgan fingerprint density at radius 3 is 2.64 bits per heavy atom. The topological polar surface area (TPSA) is 32.3 Å². The Labute approximate surface area is 139 Å². The quantitative estimate of drug-likeness (QED) is 0.837. The summed E-state index contributed by atoms with van der Waals surface area (Å²) in [7, 11) is 0. The number of nitrogens with zero attached hydrogens (tertiary/aromatic N) is 1. The van der Waals surface area contributed by atoms with Gasteiger partial charge in [0.1, 0.15) is 0 Å². The molecule has 1 aliphatic rings. The second kappa shape index (κ2) is 7.98. The Morgan fingerprint density at radius 2 is 2.00 bits per heavy atom. The number of piperidine rings is 1. The fourth-order valence-electron chi connectivity index (χ4n) is 3.38. The molecule has 22 heavy (non-hydrogen) atoms. The summed E-state index contributed by atoms with van der Waals surface area (Å²) in [5.41, 5.74) is 1.63. The Kier molecular flexibility index (Phi) is 6.27. The van der Waals surface area contributed by atoms with E-state index in [4.69, 9.17) is 11.6 Å².